The summed E-state index contributed by atoms with van der Waals surface area (Å²) in [6, 6.07) is 0. The molecule has 2 aliphatic heterocycles. The van der Waals surface area contributed by atoms with Crippen LogP contribution >= 0.6 is 0 Å². The van der Waals surface area contributed by atoms with Crippen molar-refractivity contribution in [2.24, 2.45) is 0 Å². The molecule has 2 saturated heterocycles. The number of fused-ring (bicyclic) bond motifs is 2. The first kappa shape index (κ1) is 11.9. The lowest BCUT2D eigenvalue weighted by Crippen LogP contribution is -2.45. The van der Waals surface area contributed by atoms with Gasteiger partial charge in [0.1, 0.15) is 0 Å². The van der Waals surface area contributed by atoms with Crippen LogP contribution in [0.1, 0.15) is 32.6 Å². The minimum atomic E-state index is -0.0882. The van der Waals surface area contributed by atoms with Crippen molar-refractivity contribution in [1.29, 1.82) is 0 Å². The van der Waals surface area contributed by atoms with E-state index in [9.17, 15) is 4.79 Å². The molecule has 0 radical (unpaired) electrons. The Labute approximate surface area is 96.9 Å². The first-order valence-corrected chi connectivity index (χ1v) is 6.31. The number of rotatable bonds is 5. The van der Waals surface area contributed by atoms with Crippen molar-refractivity contribution >= 4 is 5.97 Å². The van der Waals surface area contributed by atoms with Crippen molar-refractivity contribution < 1.29 is 14.3 Å². The lowest BCUT2D eigenvalue weighted by molar-refractivity contribution is -0.147. The number of likely N-dealkylation sites (tertiary alicyclic amines) is 1. The molecule has 2 bridgehead atoms. The highest BCUT2D eigenvalue weighted by Crippen LogP contribution is 2.25. The number of esters is 1. The number of nitrogens with zero attached hydrogens (tertiary/aromatic N) is 1. The lowest BCUT2D eigenvalue weighted by atomic mass is 10.2. The zero-order chi connectivity index (χ0) is 11.4. The highest BCUT2D eigenvalue weighted by Gasteiger charge is 2.34. The summed E-state index contributed by atoms with van der Waals surface area (Å²) in [7, 11) is 0. The van der Waals surface area contributed by atoms with Crippen LogP contribution in [0.25, 0.3) is 0 Å². The molecule has 0 aromatic rings. The van der Waals surface area contributed by atoms with Crippen molar-refractivity contribution in [2.75, 3.05) is 26.2 Å². The van der Waals surface area contributed by atoms with E-state index in [0.29, 0.717) is 25.4 Å². The van der Waals surface area contributed by atoms with Crippen LogP contribution in [0.2, 0.25) is 0 Å². The van der Waals surface area contributed by atoms with Gasteiger partial charge < -0.3 is 9.47 Å². The van der Waals surface area contributed by atoms with Crippen molar-refractivity contribution in [2.45, 2.75) is 44.8 Å². The minimum Gasteiger partial charge on any atom is -0.465 e. The van der Waals surface area contributed by atoms with Gasteiger partial charge in [0.15, 0.2) is 0 Å². The van der Waals surface area contributed by atoms with Gasteiger partial charge in [0, 0.05) is 13.1 Å². The maximum absolute atomic E-state index is 11.5. The van der Waals surface area contributed by atoms with Crippen LogP contribution in [0.5, 0.6) is 0 Å². The fourth-order valence-corrected chi connectivity index (χ4v) is 2.39. The van der Waals surface area contributed by atoms with Gasteiger partial charge in [-0.15, -0.1) is 0 Å². The second-order valence-electron chi connectivity index (χ2n) is 4.73. The van der Waals surface area contributed by atoms with Crippen molar-refractivity contribution in [3.05, 3.63) is 0 Å². The van der Waals surface area contributed by atoms with Crippen LogP contribution in [-0.4, -0.2) is 49.3 Å². The van der Waals surface area contributed by atoms with E-state index in [1.54, 1.807) is 0 Å². The zero-order valence-corrected chi connectivity index (χ0v) is 9.98. The maximum Gasteiger partial charge on any atom is 0.320 e. The summed E-state index contributed by atoms with van der Waals surface area (Å²) >= 11 is 0. The Hall–Kier alpha value is -0.610. The van der Waals surface area contributed by atoms with E-state index in [1.165, 1.54) is 0 Å². The Bertz CT molecular complexity index is 232. The molecule has 0 aliphatic carbocycles. The number of carbonyl (C=O) groups excluding carboxylic acids is 1. The molecule has 0 amide bonds. The van der Waals surface area contributed by atoms with Crippen LogP contribution in [0.4, 0.5) is 0 Å². The third kappa shape index (κ3) is 3.19. The molecule has 2 fully saturated rings. The summed E-state index contributed by atoms with van der Waals surface area (Å²) in [6.45, 7) is 4.86. The predicted molar refractivity (Wildman–Crippen MR) is 60.2 cm³/mol. The zero-order valence-electron chi connectivity index (χ0n) is 9.98. The fourth-order valence-electron chi connectivity index (χ4n) is 2.39. The van der Waals surface area contributed by atoms with Crippen LogP contribution in [0.15, 0.2) is 0 Å². The van der Waals surface area contributed by atoms with Gasteiger partial charge in [-0.1, -0.05) is 13.3 Å². The minimum absolute atomic E-state index is 0.0882. The second-order valence-corrected chi connectivity index (χ2v) is 4.73. The molecule has 16 heavy (non-hydrogen) atoms. The smallest absolute Gasteiger partial charge is 0.320 e. The molecule has 2 unspecified atom stereocenters. The Balaban J connectivity index is 1.67. The van der Waals surface area contributed by atoms with Crippen LogP contribution < -0.4 is 0 Å². The summed E-state index contributed by atoms with van der Waals surface area (Å²) in [5.41, 5.74) is 0. The summed E-state index contributed by atoms with van der Waals surface area (Å²) in [6.07, 6.45) is 5.01. The largest absolute Gasteiger partial charge is 0.465 e. The predicted octanol–water partition coefficient (Wildman–Crippen LogP) is 1.19. The Morgan fingerprint density at radius 2 is 2.06 bits per heavy atom. The first-order chi connectivity index (χ1) is 7.78. The summed E-state index contributed by atoms with van der Waals surface area (Å²) in [5, 5.41) is 0. The lowest BCUT2D eigenvalue weighted by Gasteiger charge is -2.31. The molecule has 0 saturated carbocycles. The van der Waals surface area contributed by atoms with Gasteiger partial charge in [-0.05, 0) is 19.3 Å². The van der Waals surface area contributed by atoms with Crippen molar-refractivity contribution in [3.63, 3.8) is 0 Å². The van der Waals surface area contributed by atoms with Gasteiger partial charge in [-0.25, -0.2) is 0 Å². The van der Waals surface area contributed by atoms with Crippen molar-refractivity contribution in [3.8, 4) is 0 Å². The molecule has 0 spiro atoms. The van der Waals surface area contributed by atoms with Gasteiger partial charge >= 0.3 is 5.97 Å². The van der Waals surface area contributed by atoms with E-state index in [4.69, 9.17) is 9.47 Å². The second kappa shape index (κ2) is 5.64. The van der Waals surface area contributed by atoms with E-state index in [-0.39, 0.29) is 5.97 Å². The van der Waals surface area contributed by atoms with Gasteiger partial charge in [-0.2, -0.15) is 0 Å². The average Bonchev–Trinajstić information content (AvgIpc) is 2.58. The number of ether oxygens (including phenoxy) is 2. The highest BCUT2D eigenvalue weighted by atomic mass is 16.5. The number of carbonyl (C=O) groups is 1. The topological polar surface area (TPSA) is 38.8 Å². The van der Waals surface area contributed by atoms with Crippen molar-refractivity contribution in [1.82, 2.24) is 4.90 Å². The molecular formula is C12H21NO3. The third-order valence-corrected chi connectivity index (χ3v) is 3.23. The van der Waals surface area contributed by atoms with E-state index in [2.05, 4.69) is 11.8 Å². The molecule has 0 aromatic carbocycles. The molecule has 92 valence electrons. The molecule has 2 heterocycles. The van der Waals surface area contributed by atoms with E-state index in [0.717, 1.165) is 38.8 Å². The van der Waals surface area contributed by atoms with Gasteiger partial charge in [0.25, 0.3) is 0 Å². The molecule has 4 heteroatoms. The molecular weight excluding hydrogens is 206 g/mol. The number of unbranched alkanes of at least 4 members (excludes halogenated alkanes) is 1. The van der Waals surface area contributed by atoms with Gasteiger partial charge in [-0.3, -0.25) is 9.69 Å². The Kier molecular flexibility index (Phi) is 4.18. The van der Waals surface area contributed by atoms with Gasteiger partial charge in [0.2, 0.25) is 0 Å². The highest BCUT2D eigenvalue weighted by molar-refractivity contribution is 5.71. The summed E-state index contributed by atoms with van der Waals surface area (Å²) in [4.78, 5) is 13.7. The summed E-state index contributed by atoms with van der Waals surface area (Å²) in [5.74, 6) is -0.0882. The third-order valence-electron chi connectivity index (χ3n) is 3.23. The van der Waals surface area contributed by atoms with Gasteiger partial charge in [0.05, 0.1) is 25.4 Å². The molecule has 0 N–H and O–H groups in total. The number of hydrogen-bond donors (Lipinski definition) is 0. The number of morpholine rings is 1. The Morgan fingerprint density at radius 1 is 1.38 bits per heavy atom. The SMILES string of the molecule is CCCCOC(=O)CN1CC2CCC(C1)O2. The van der Waals surface area contributed by atoms with Crippen LogP contribution in [0.3, 0.4) is 0 Å². The quantitative estimate of drug-likeness (QED) is 0.522. The fraction of sp³-hybridized carbons (Fsp3) is 0.917. The first-order valence-electron chi connectivity index (χ1n) is 6.31. The van der Waals surface area contributed by atoms with Crippen LogP contribution in [0, 0.1) is 0 Å². The average molecular weight is 227 g/mol. The molecule has 0 aromatic heterocycles. The molecule has 4 nitrogen and oxygen atoms in total. The normalized spacial score (nSPS) is 29.3. The number of hydrogen-bond acceptors (Lipinski definition) is 4. The molecule has 2 atom stereocenters. The summed E-state index contributed by atoms with van der Waals surface area (Å²) < 4.78 is 10.9. The molecule has 2 rings (SSSR count). The van der Waals surface area contributed by atoms with E-state index in [1.807, 2.05) is 0 Å². The monoisotopic (exact) mass is 227 g/mol. The van der Waals surface area contributed by atoms with Crippen LogP contribution in [-0.2, 0) is 14.3 Å². The maximum atomic E-state index is 11.5. The van der Waals surface area contributed by atoms with E-state index < -0.39 is 0 Å². The standard InChI is InChI=1S/C12H21NO3/c1-2-3-6-15-12(14)9-13-7-10-4-5-11(8-13)16-10/h10-11H,2-9H2,1H3. The Morgan fingerprint density at radius 3 is 2.69 bits per heavy atom. The molecule has 2 aliphatic rings. The van der Waals surface area contributed by atoms with E-state index >= 15 is 0 Å².